The molecule has 0 aliphatic rings. The zero-order valence-corrected chi connectivity index (χ0v) is 13.3. The molecule has 0 spiro atoms. The molecule has 0 fully saturated rings. The average Bonchev–Trinajstić information content (AvgIpc) is 2.36. The van der Waals surface area contributed by atoms with E-state index in [4.69, 9.17) is 9.47 Å². The van der Waals surface area contributed by atoms with Crippen molar-refractivity contribution in [3.05, 3.63) is 23.8 Å². The van der Waals surface area contributed by atoms with Crippen LogP contribution in [0.4, 0.5) is 0 Å². The maximum absolute atomic E-state index is 12.1. The molecule has 1 rings (SSSR count). The average molecular weight is 330 g/mol. The predicted octanol–water partition coefficient (Wildman–Crippen LogP) is 3.00. The third-order valence-corrected chi connectivity index (χ3v) is 3.08. The molecule has 0 saturated heterocycles. The molecule has 0 aliphatic carbocycles. The molecule has 19 heavy (non-hydrogen) atoms. The Morgan fingerprint density at radius 2 is 1.89 bits per heavy atom. The van der Waals surface area contributed by atoms with Crippen molar-refractivity contribution in [1.82, 2.24) is 5.32 Å². The van der Waals surface area contributed by atoms with Gasteiger partial charge in [0.25, 0.3) is 5.91 Å². The molecule has 1 N–H and O–H groups in total. The van der Waals surface area contributed by atoms with Crippen LogP contribution in [0.15, 0.2) is 18.2 Å². The SMILES string of the molecule is COc1ccc(C(=O)NC(C)CC(C)Br)cc1OC. The predicted molar refractivity (Wildman–Crippen MR) is 79.5 cm³/mol. The summed E-state index contributed by atoms with van der Waals surface area (Å²) in [5.41, 5.74) is 0.562. The Bertz CT molecular complexity index is 435. The lowest BCUT2D eigenvalue weighted by molar-refractivity contribution is 0.0938. The molecule has 1 amide bonds. The minimum absolute atomic E-state index is 0.106. The Hall–Kier alpha value is -1.23. The highest BCUT2D eigenvalue weighted by Gasteiger charge is 2.14. The maximum atomic E-state index is 12.1. The molecule has 106 valence electrons. The minimum atomic E-state index is -0.110. The molecule has 4 nitrogen and oxygen atoms in total. The van der Waals surface area contributed by atoms with Crippen LogP contribution < -0.4 is 14.8 Å². The van der Waals surface area contributed by atoms with Gasteiger partial charge in [0, 0.05) is 16.4 Å². The highest BCUT2D eigenvalue weighted by molar-refractivity contribution is 9.09. The number of benzene rings is 1. The van der Waals surface area contributed by atoms with E-state index >= 15 is 0 Å². The summed E-state index contributed by atoms with van der Waals surface area (Å²) >= 11 is 3.48. The molecule has 1 aromatic carbocycles. The fraction of sp³-hybridized carbons (Fsp3) is 0.500. The van der Waals surface area contributed by atoms with Gasteiger partial charge in [-0.2, -0.15) is 0 Å². The number of amides is 1. The van der Waals surface area contributed by atoms with Gasteiger partial charge in [0.05, 0.1) is 14.2 Å². The molecule has 0 heterocycles. The van der Waals surface area contributed by atoms with E-state index in [9.17, 15) is 4.79 Å². The Morgan fingerprint density at radius 3 is 2.42 bits per heavy atom. The van der Waals surface area contributed by atoms with Crippen molar-refractivity contribution >= 4 is 21.8 Å². The number of carbonyl (C=O) groups excluding carboxylic acids is 1. The molecule has 0 aliphatic heterocycles. The van der Waals surface area contributed by atoms with Crippen molar-refractivity contribution < 1.29 is 14.3 Å². The lowest BCUT2D eigenvalue weighted by Gasteiger charge is -2.16. The summed E-state index contributed by atoms with van der Waals surface area (Å²) in [5, 5.41) is 2.95. The van der Waals surface area contributed by atoms with Crippen LogP contribution in [0.3, 0.4) is 0 Å². The smallest absolute Gasteiger partial charge is 0.251 e. The van der Waals surface area contributed by atoms with E-state index in [2.05, 4.69) is 28.2 Å². The lowest BCUT2D eigenvalue weighted by Crippen LogP contribution is -2.33. The van der Waals surface area contributed by atoms with Gasteiger partial charge in [-0.3, -0.25) is 4.79 Å². The fourth-order valence-electron chi connectivity index (χ4n) is 1.83. The zero-order chi connectivity index (χ0) is 14.4. The number of hydrogen-bond donors (Lipinski definition) is 1. The summed E-state index contributed by atoms with van der Waals surface area (Å²) in [6.45, 7) is 4.04. The van der Waals surface area contributed by atoms with Gasteiger partial charge in [-0.15, -0.1) is 0 Å². The monoisotopic (exact) mass is 329 g/mol. The van der Waals surface area contributed by atoms with E-state index in [1.165, 1.54) is 0 Å². The number of rotatable bonds is 6. The highest BCUT2D eigenvalue weighted by atomic mass is 79.9. The standard InChI is InChI=1S/C14H20BrNO3/c1-9(15)7-10(2)16-14(17)11-5-6-12(18-3)13(8-11)19-4/h5-6,8-10H,7H2,1-4H3,(H,16,17). The topological polar surface area (TPSA) is 47.6 Å². The fourth-order valence-corrected chi connectivity index (χ4v) is 2.39. The first-order valence-electron chi connectivity index (χ1n) is 6.14. The number of nitrogens with one attached hydrogen (secondary N) is 1. The minimum Gasteiger partial charge on any atom is -0.493 e. The molecule has 0 bridgehead atoms. The Balaban J connectivity index is 2.77. The summed E-state index contributed by atoms with van der Waals surface area (Å²) in [6, 6.07) is 5.24. The molecular weight excluding hydrogens is 310 g/mol. The van der Waals surface area contributed by atoms with Gasteiger partial charge in [-0.1, -0.05) is 22.9 Å². The third-order valence-electron chi connectivity index (χ3n) is 2.70. The van der Waals surface area contributed by atoms with Gasteiger partial charge in [0.2, 0.25) is 0 Å². The Kier molecular flexibility index (Phi) is 6.15. The van der Waals surface area contributed by atoms with Crippen molar-refractivity contribution in [1.29, 1.82) is 0 Å². The van der Waals surface area contributed by atoms with Gasteiger partial charge < -0.3 is 14.8 Å². The van der Waals surface area contributed by atoms with Crippen molar-refractivity contribution in [2.75, 3.05) is 14.2 Å². The summed E-state index contributed by atoms with van der Waals surface area (Å²) in [6.07, 6.45) is 0.874. The van der Waals surface area contributed by atoms with Crippen molar-refractivity contribution in [3.63, 3.8) is 0 Å². The third kappa shape index (κ3) is 4.74. The molecule has 5 heteroatoms. The number of hydrogen-bond acceptors (Lipinski definition) is 3. The summed E-state index contributed by atoms with van der Waals surface area (Å²) in [5.74, 6) is 1.06. The summed E-state index contributed by atoms with van der Waals surface area (Å²) < 4.78 is 10.3. The molecule has 2 atom stereocenters. The van der Waals surface area contributed by atoms with Gasteiger partial charge in [0.1, 0.15) is 0 Å². The maximum Gasteiger partial charge on any atom is 0.251 e. The van der Waals surface area contributed by atoms with Crippen LogP contribution in [0, 0.1) is 0 Å². The van der Waals surface area contributed by atoms with Crippen LogP contribution >= 0.6 is 15.9 Å². The number of halogens is 1. The van der Waals surface area contributed by atoms with Crippen molar-refractivity contribution in [2.45, 2.75) is 31.1 Å². The molecule has 2 unspecified atom stereocenters. The van der Waals surface area contributed by atoms with E-state index in [0.29, 0.717) is 21.9 Å². The first kappa shape index (κ1) is 15.8. The quantitative estimate of drug-likeness (QED) is 0.816. The number of carbonyl (C=O) groups is 1. The summed E-state index contributed by atoms with van der Waals surface area (Å²) in [4.78, 5) is 12.5. The van der Waals surface area contributed by atoms with Gasteiger partial charge >= 0.3 is 0 Å². The normalized spacial score (nSPS) is 13.5. The van der Waals surface area contributed by atoms with E-state index in [1.54, 1.807) is 32.4 Å². The van der Waals surface area contributed by atoms with Crippen LogP contribution in [0.5, 0.6) is 11.5 Å². The van der Waals surface area contributed by atoms with E-state index < -0.39 is 0 Å². The number of ether oxygens (including phenoxy) is 2. The second-order valence-corrected chi connectivity index (χ2v) is 6.02. The highest BCUT2D eigenvalue weighted by Crippen LogP contribution is 2.27. The largest absolute Gasteiger partial charge is 0.493 e. The second-order valence-electron chi connectivity index (χ2n) is 4.46. The van der Waals surface area contributed by atoms with Crippen LogP contribution in [0.1, 0.15) is 30.6 Å². The summed E-state index contributed by atoms with van der Waals surface area (Å²) in [7, 11) is 3.12. The second kappa shape index (κ2) is 7.38. The van der Waals surface area contributed by atoms with E-state index in [1.807, 2.05) is 6.92 Å². The first-order chi connectivity index (χ1) is 8.97. The van der Waals surface area contributed by atoms with Crippen molar-refractivity contribution in [2.24, 2.45) is 0 Å². The molecular formula is C14H20BrNO3. The number of methoxy groups -OCH3 is 2. The van der Waals surface area contributed by atoms with Gasteiger partial charge in [0.15, 0.2) is 11.5 Å². The molecule has 0 radical (unpaired) electrons. The molecule has 1 aromatic rings. The number of alkyl halides is 1. The van der Waals surface area contributed by atoms with Crippen molar-refractivity contribution in [3.8, 4) is 11.5 Å². The van der Waals surface area contributed by atoms with Crippen LogP contribution in [0.2, 0.25) is 0 Å². The van der Waals surface area contributed by atoms with Gasteiger partial charge in [-0.05, 0) is 31.5 Å². The first-order valence-corrected chi connectivity index (χ1v) is 7.06. The zero-order valence-electron chi connectivity index (χ0n) is 11.7. The van der Waals surface area contributed by atoms with E-state index in [0.717, 1.165) is 6.42 Å². The molecule has 0 aromatic heterocycles. The van der Waals surface area contributed by atoms with E-state index in [-0.39, 0.29) is 11.9 Å². The molecule has 0 saturated carbocycles. The Labute approximate surface area is 122 Å². The lowest BCUT2D eigenvalue weighted by atomic mass is 10.1. The van der Waals surface area contributed by atoms with Crippen LogP contribution in [-0.2, 0) is 0 Å². The van der Waals surface area contributed by atoms with Gasteiger partial charge in [-0.25, -0.2) is 0 Å². The van der Waals surface area contributed by atoms with Crippen LogP contribution in [0.25, 0.3) is 0 Å². The van der Waals surface area contributed by atoms with Crippen LogP contribution in [-0.4, -0.2) is 31.0 Å². The Morgan fingerprint density at radius 1 is 1.26 bits per heavy atom.